The first kappa shape index (κ1) is 15.6. The monoisotopic (exact) mass is 326 g/mol. The Balaban J connectivity index is 1.96. The summed E-state index contributed by atoms with van der Waals surface area (Å²) < 4.78 is 2.41. The molecule has 2 nitrogen and oxygen atoms in total. The first-order valence-corrected chi connectivity index (χ1v) is 8.70. The fraction of sp³-hybridized carbons (Fsp3) is 0.174. The van der Waals surface area contributed by atoms with Gasteiger partial charge in [0.2, 0.25) is 0 Å². The molecule has 0 radical (unpaired) electrons. The molecular weight excluding hydrogens is 304 g/mol. The predicted octanol–water partition coefficient (Wildman–Crippen LogP) is 5.68. The van der Waals surface area contributed by atoms with Gasteiger partial charge < -0.3 is 4.57 Å². The molecule has 0 N–H and O–H groups in total. The molecule has 0 aliphatic carbocycles. The molecule has 0 saturated heterocycles. The Morgan fingerprint density at radius 3 is 2.44 bits per heavy atom. The lowest BCUT2D eigenvalue weighted by Crippen LogP contribution is -2.03. The van der Waals surface area contributed by atoms with Crippen molar-refractivity contribution in [1.82, 2.24) is 9.55 Å². The van der Waals surface area contributed by atoms with Crippen molar-refractivity contribution in [2.24, 2.45) is 0 Å². The van der Waals surface area contributed by atoms with Gasteiger partial charge in [0, 0.05) is 29.4 Å². The van der Waals surface area contributed by atoms with E-state index >= 15 is 0 Å². The van der Waals surface area contributed by atoms with Gasteiger partial charge in [0.15, 0.2) is 0 Å². The minimum absolute atomic E-state index is 0.864. The molecule has 4 aromatic rings. The van der Waals surface area contributed by atoms with Gasteiger partial charge in [0.1, 0.15) is 0 Å². The largest absolute Gasteiger partial charge is 0.338 e. The molecular formula is C23H22N2. The molecule has 124 valence electrons. The van der Waals surface area contributed by atoms with E-state index in [-0.39, 0.29) is 0 Å². The van der Waals surface area contributed by atoms with Gasteiger partial charge in [-0.05, 0) is 38.0 Å². The molecule has 0 bridgehead atoms. The standard InChI is InChI=1S/C23H22N2/c1-16-8-7-9-19(14-16)15-25-18(3)17(2)21-12-13-24-22(23(21)25)20-10-5-4-6-11-20/h4-14H,15H2,1-3H3. The maximum atomic E-state index is 4.73. The van der Waals surface area contributed by atoms with Crippen molar-refractivity contribution in [3.05, 3.63) is 89.2 Å². The number of aryl methyl sites for hydroxylation is 2. The van der Waals surface area contributed by atoms with Crippen LogP contribution in [0.25, 0.3) is 22.2 Å². The van der Waals surface area contributed by atoms with Gasteiger partial charge in [-0.25, -0.2) is 0 Å². The van der Waals surface area contributed by atoms with Crippen molar-refractivity contribution < 1.29 is 0 Å². The highest BCUT2D eigenvalue weighted by Crippen LogP contribution is 2.32. The zero-order valence-electron chi connectivity index (χ0n) is 15.0. The lowest BCUT2D eigenvalue weighted by atomic mass is 10.1. The molecule has 0 fully saturated rings. The zero-order valence-corrected chi connectivity index (χ0v) is 15.0. The minimum atomic E-state index is 0.864. The maximum absolute atomic E-state index is 4.73. The van der Waals surface area contributed by atoms with Crippen LogP contribution >= 0.6 is 0 Å². The maximum Gasteiger partial charge on any atom is 0.0945 e. The second kappa shape index (κ2) is 6.21. The van der Waals surface area contributed by atoms with Crippen LogP contribution in [0.5, 0.6) is 0 Å². The summed E-state index contributed by atoms with van der Waals surface area (Å²) in [6.45, 7) is 7.43. The second-order valence-electron chi connectivity index (χ2n) is 6.71. The molecule has 0 saturated carbocycles. The minimum Gasteiger partial charge on any atom is -0.338 e. The molecule has 2 aromatic heterocycles. The lowest BCUT2D eigenvalue weighted by Gasteiger charge is -2.12. The topological polar surface area (TPSA) is 17.8 Å². The molecule has 0 atom stereocenters. The van der Waals surface area contributed by atoms with E-state index in [0.717, 1.165) is 17.8 Å². The fourth-order valence-electron chi connectivity index (χ4n) is 3.59. The number of aromatic nitrogens is 2. The van der Waals surface area contributed by atoms with E-state index in [2.05, 4.69) is 79.9 Å². The van der Waals surface area contributed by atoms with Crippen LogP contribution in [0.4, 0.5) is 0 Å². The summed E-state index contributed by atoms with van der Waals surface area (Å²) in [6.07, 6.45) is 1.92. The Hall–Kier alpha value is -2.87. The summed E-state index contributed by atoms with van der Waals surface area (Å²) >= 11 is 0. The molecule has 2 heterocycles. The van der Waals surface area contributed by atoms with E-state index < -0.39 is 0 Å². The second-order valence-corrected chi connectivity index (χ2v) is 6.71. The Bertz CT molecular complexity index is 1040. The first-order chi connectivity index (χ1) is 12.1. The van der Waals surface area contributed by atoms with Crippen LogP contribution < -0.4 is 0 Å². The van der Waals surface area contributed by atoms with Crippen LogP contribution in [-0.4, -0.2) is 9.55 Å². The third-order valence-corrected chi connectivity index (χ3v) is 5.02. The van der Waals surface area contributed by atoms with Crippen molar-refractivity contribution in [3.8, 4) is 11.3 Å². The quantitative estimate of drug-likeness (QED) is 0.474. The summed E-state index contributed by atoms with van der Waals surface area (Å²) in [6, 6.07) is 21.3. The molecule has 0 aliphatic rings. The van der Waals surface area contributed by atoms with Crippen LogP contribution in [0.1, 0.15) is 22.4 Å². The molecule has 4 rings (SSSR count). The third kappa shape index (κ3) is 2.74. The number of hydrogen-bond donors (Lipinski definition) is 0. The number of hydrogen-bond acceptors (Lipinski definition) is 1. The van der Waals surface area contributed by atoms with Crippen molar-refractivity contribution in [3.63, 3.8) is 0 Å². The van der Waals surface area contributed by atoms with E-state index in [1.807, 2.05) is 12.3 Å². The predicted molar refractivity (Wildman–Crippen MR) is 105 cm³/mol. The lowest BCUT2D eigenvalue weighted by molar-refractivity contribution is 0.799. The Kier molecular flexibility index (Phi) is 3.89. The summed E-state index contributed by atoms with van der Waals surface area (Å²) in [7, 11) is 0. The molecule has 2 heteroatoms. The van der Waals surface area contributed by atoms with Crippen LogP contribution in [-0.2, 0) is 6.54 Å². The number of pyridine rings is 1. The molecule has 0 spiro atoms. The van der Waals surface area contributed by atoms with Crippen molar-refractivity contribution in [2.45, 2.75) is 27.3 Å². The number of rotatable bonds is 3. The van der Waals surface area contributed by atoms with E-state index in [4.69, 9.17) is 4.98 Å². The fourth-order valence-corrected chi connectivity index (χ4v) is 3.59. The average Bonchev–Trinajstić information content (AvgIpc) is 2.88. The molecule has 0 unspecified atom stereocenters. The first-order valence-electron chi connectivity index (χ1n) is 8.70. The van der Waals surface area contributed by atoms with Crippen LogP contribution in [0.15, 0.2) is 66.9 Å². The van der Waals surface area contributed by atoms with E-state index in [9.17, 15) is 0 Å². The molecule has 0 aliphatic heterocycles. The highest BCUT2D eigenvalue weighted by Gasteiger charge is 2.16. The smallest absolute Gasteiger partial charge is 0.0945 e. The Labute approximate surface area is 148 Å². The van der Waals surface area contributed by atoms with Gasteiger partial charge in [0.05, 0.1) is 11.2 Å². The Morgan fingerprint density at radius 2 is 1.68 bits per heavy atom. The number of benzene rings is 2. The van der Waals surface area contributed by atoms with Gasteiger partial charge in [-0.1, -0.05) is 60.2 Å². The SMILES string of the molecule is Cc1cccc(Cn2c(C)c(C)c3ccnc(-c4ccccc4)c32)c1. The van der Waals surface area contributed by atoms with Crippen molar-refractivity contribution in [1.29, 1.82) is 0 Å². The summed E-state index contributed by atoms with van der Waals surface area (Å²) in [5.74, 6) is 0. The van der Waals surface area contributed by atoms with Crippen LogP contribution in [0.2, 0.25) is 0 Å². The third-order valence-electron chi connectivity index (χ3n) is 5.02. The van der Waals surface area contributed by atoms with E-state index in [0.29, 0.717) is 0 Å². The highest BCUT2D eigenvalue weighted by atomic mass is 15.0. The molecule has 0 amide bonds. The molecule has 2 aromatic carbocycles. The number of fused-ring (bicyclic) bond motifs is 1. The van der Waals surface area contributed by atoms with Crippen LogP contribution in [0.3, 0.4) is 0 Å². The van der Waals surface area contributed by atoms with Crippen molar-refractivity contribution >= 4 is 10.9 Å². The van der Waals surface area contributed by atoms with Gasteiger partial charge in [-0.3, -0.25) is 4.98 Å². The van der Waals surface area contributed by atoms with Gasteiger partial charge in [-0.15, -0.1) is 0 Å². The summed E-state index contributed by atoms with van der Waals surface area (Å²) in [5.41, 5.74) is 8.71. The zero-order chi connectivity index (χ0) is 17.4. The Morgan fingerprint density at radius 1 is 0.880 bits per heavy atom. The molecule has 25 heavy (non-hydrogen) atoms. The highest BCUT2D eigenvalue weighted by molar-refractivity contribution is 5.95. The van der Waals surface area contributed by atoms with Gasteiger partial charge in [-0.2, -0.15) is 0 Å². The van der Waals surface area contributed by atoms with Crippen molar-refractivity contribution in [2.75, 3.05) is 0 Å². The summed E-state index contributed by atoms with van der Waals surface area (Å²) in [4.78, 5) is 4.73. The van der Waals surface area contributed by atoms with Crippen LogP contribution in [0, 0.1) is 20.8 Å². The summed E-state index contributed by atoms with van der Waals surface area (Å²) in [5, 5.41) is 1.29. The van der Waals surface area contributed by atoms with Gasteiger partial charge >= 0.3 is 0 Å². The van der Waals surface area contributed by atoms with E-state index in [1.165, 1.54) is 33.3 Å². The van der Waals surface area contributed by atoms with E-state index in [1.54, 1.807) is 0 Å². The average molecular weight is 326 g/mol. The number of nitrogens with zero attached hydrogens (tertiary/aromatic N) is 2. The van der Waals surface area contributed by atoms with Gasteiger partial charge in [0.25, 0.3) is 0 Å². The normalized spacial score (nSPS) is 11.2.